The first kappa shape index (κ1) is 21.7. The van der Waals surface area contributed by atoms with Gasteiger partial charge in [0.05, 0.1) is 31.7 Å². The normalized spacial score (nSPS) is 13.2. The van der Waals surface area contributed by atoms with Crippen molar-refractivity contribution in [1.82, 2.24) is 15.3 Å². The van der Waals surface area contributed by atoms with Crippen molar-refractivity contribution in [1.29, 1.82) is 0 Å². The molecule has 0 aliphatic rings. The van der Waals surface area contributed by atoms with Crippen LogP contribution < -0.4 is 25.2 Å². The lowest BCUT2D eigenvalue weighted by Crippen LogP contribution is -3.11. The molecule has 8 nitrogen and oxygen atoms in total. The van der Waals surface area contributed by atoms with Gasteiger partial charge in [0, 0.05) is 12.1 Å². The van der Waals surface area contributed by atoms with Crippen molar-refractivity contribution < 1.29 is 19.2 Å². The van der Waals surface area contributed by atoms with Gasteiger partial charge >= 0.3 is 0 Å². The number of hydrogen-bond acceptors (Lipinski definition) is 5. The van der Waals surface area contributed by atoms with Gasteiger partial charge in [-0.2, -0.15) is 0 Å². The largest absolute Gasteiger partial charge is 0.493 e. The van der Waals surface area contributed by atoms with Gasteiger partial charge in [0.1, 0.15) is 6.54 Å². The molecule has 0 aliphatic carbocycles. The van der Waals surface area contributed by atoms with E-state index in [0.717, 1.165) is 24.3 Å². The fourth-order valence-corrected chi connectivity index (χ4v) is 3.21. The molecule has 8 heteroatoms. The first-order valence-corrected chi connectivity index (χ1v) is 9.69. The number of aromatic amines is 1. The third-order valence-electron chi connectivity index (χ3n) is 4.72. The minimum Gasteiger partial charge on any atom is -0.493 e. The average molecular weight is 391 g/mol. The molecule has 0 spiro atoms. The molecule has 0 fully saturated rings. The topological polar surface area (TPSA) is 97.8 Å². The van der Waals surface area contributed by atoms with Crippen molar-refractivity contribution in [2.24, 2.45) is 0 Å². The SMILES string of the molecule is CCC[C@H](C)NC(=O)C[NH+](CC)Cc1nc2cc(OC)c(OC)cc2c(=O)[nH]1. The van der Waals surface area contributed by atoms with Gasteiger partial charge in [-0.05, 0) is 26.3 Å². The molecule has 1 unspecified atom stereocenters. The zero-order chi connectivity index (χ0) is 20.7. The molecule has 3 N–H and O–H groups in total. The van der Waals surface area contributed by atoms with Crippen LogP contribution >= 0.6 is 0 Å². The van der Waals surface area contributed by atoms with Crippen LogP contribution in [-0.4, -0.2) is 49.2 Å². The molecule has 1 aromatic carbocycles. The molecule has 1 aromatic heterocycles. The summed E-state index contributed by atoms with van der Waals surface area (Å²) in [6.45, 7) is 7.63. The van der Waals surface area contributed by atoms with Crippen LogP contribution in [0.5, 0.6) is 11.5 Å². The van der Waals surface area contributed by atoms with Gasteiger partial charge in [0.15, 0.2) is 23.9 Å². The molecule has 2 aromatic rings. The van der Waals surface area contributed by atoms with E-state index in [1.54, 1.807) is 19.2 Å². The van der Waals surface area contributed by atoms with E-state index < -0.39 is 0 Å². The minimum absolute atomic E-state index is 0.00680. The quantitative estimate of drug-likeness (QED) is 0.553. The number of carbonyl (C=O) groups is 1. The summed E-state index contributed by atoms with van der Waals surface area (Å²) < 4.78 is 10.6. The molecule has 2 rings (SSSR count). The number of quaternary nitrogens is 1. The molecule has 0 saturated heterocycles. The number of carbonyl (C=O) groups excluding carboxylic acids is 1. The van der Waals surface area contributed by atoms with Gasteiger partial charge in [-0.25, -0.2) is 4.98 Å². The Bertz CT molecular complexity index is 865. The zero-order valence-electron chi connectivity index (χ0n) is 17.3. The van der Waals surface area contributed by atoms with Crippen molar-refractivity contribution >= 4 is 16.8 Å². The predicted octanol–water partition coefficient (Wildman–Crippen LogP) is 0.650. The van der Waals surface area contributed by atoms with E-state index in [9.17, 15) is 9.59 Å². The Kier molecular flexibility index (Phi) is 7.80. The molecule has 1 amide bonds. The van der Waals surface area contributed by atoms with Crippen LogP contribution in [0.3, 0.4) is 0 Å². The van der Waals surface area contributed by atoms with Gasteiger partial charge in [0.25, 0.3) is 11.5 Å². The number of amides is 1. The van der Waals surface area contributed by atoms with E-state index >= 15 is 0 Å². The molecule has 154 valence electrons. The van der Waals surface area contributed by atoms with E-state index in [1.165, 1.54) is 7.11 Å². The maximum atomic E-state index is 12.5. The van der Waals surface area contributed by atoms with Gasteiger partial charge in [-0.3, -0.25) is 9.59 Å². The molecule has 28 heavy (non-hydrogen) atoms. The lowest BCUT2D eigenvalue weighted by atomic mass is 10.2. The summed E-state index contributed by atoms with van der Waals surface area (Å²) in [6, 6.07) is 3.48. The number of hydrogen-bond donors (Lipinski definition) is 3. The number of nitrogens with one attached hydrogen (secondary N) is 3. The van der Waals surface area contributed by atoms with Crippen LogP contribution in [-0.2, 0) is 11.3 Å². The van der Waals surface area contributed by atoms with Crippen molar-refractivity contribution in [3.05, 3.63) is 28.3 Å². The van der Waals surface area contributed by atoms with Crippen molar-refractivity contribution in [2.45, 2.75) is 46.2 Å². The number of likely N-dealkylation sites (N-methyl/N-ethyl adjacent to an activating group) is 1. The number of aromatic nitrogens is 2. The fraction of sp³-hybridized carbons (Fsp3) is 0.550. The zero-order valence-corrected chi connectivity index (χ0v) is 17.3. The Morgan fingerprint density at radius 1 is 1.25 bits per heavy atom. The fourth-order valence-electron chi connectivity index (χ4n) is 3.21. The second-order valence-electron chi connectivity index (χ2n) is 6.95. The Morgan fingerprint density at radius 3 is 2.54 bits per heavy atom. The summed E-state index contributed by atoms with van der Waals surface area (Å²) in [5.41, 5.74) is 0.297. The van der Waals surface area contributed by atoms with E-state index in [-0.39, 0.29) is 17.5 Å². The minimum atomic E-state index is -0.238. The van der Waals surface area contributed by atoms with Crippen molar-refractivity contribution in [2.75, 3.05) is 27.3 Å². The Hall–Kier alpha value is -2.61. The second-order valence-corrected chi connectivity index (χ2v) is 6.95. The van der Waals surface area contributed by atoms with Crippen LogP contribution in [0.15, 0.2) is 16.9 Å². The monoisotopic (exact) mass is 391 g/mol. The first-order valence-electron chi connectivity index (χ1n) is 9.69. The van der Waals surface area contributed by atoms with E-state index in [0.29, 0.717) is 41.3 Å². The summed E-state index contributed by atoms with van der Waals surface area (Å²) in [7, 11) is 3.06. The van der Waals surface area contributed by atoms with Gasteiger partial charge in [-0.15, -0.1) is 0 Å². The standard InChI is InChI=1S/C20H30N4O4/c1-6-8-13(3)21-19(25)12-24(7-2)11-18-22-15-10-17(28-5)16(27-4)9-14(15)20(26)23-18/h9-10,13H,6-8,11-12H2,1-5H3,(H,21,25)(H,22,23,26)/p+1/t13-/m0/s1. The summed E-state index contributed by atoms with van der Waals surface area (Å²) in [5, 5.41) is 3.45. The number of fused-ring (bicyclic) bond motifs is 1. The van der Waals surface area contributed by atoms with Gasteiger partial charge < -0.3 is 24.7 Å². The van der Waals surface area contributed by atoms with Crippen LogP contribution in [0.2, 0.25) is 0 Å². The molecular formula is C20H31N4O4+. The summed E-state index contributed by atoms with van der Waals surface area (Å²) >= 11 is 0. The highest BCUT2D eigenvalue weighted by atomic mass is 16.5. The number of rotatable bonds is 10. The van der Waals surface area contributed by atoms with Gasteiger partial charge in [-0.1, -0.05) is 13.3 Å². The lowest BCUT2D eigenvalue weighted by molar-refractivity contribution is -0.904. The highest BCUT2D eigenvalue weighted by Gasteiger charge is 2.17. The predicted molar refractivity (Wildman–Crippen MR) is 108 cm³/mol. The number of methoxy groups -OCH3 is 2. The Morgan fingerprint density at radius 2 is 1.93 bits per heavy atom. The third-order valence-corrected chi connectivity index (χ3v) is 4.72. The van der Waals surface area contributed by atoms with E-state index in [4.69, 9.17) is 9.47 Å². The third kappa shape index (κ3) is 5.45. The first-order chi connectivity index (χ1) is 13.4. The van der Waals surface area contributed by atoms with E-state index in [2.05, 4.69) is 22.2 Å². The van der Waals surface area contributed by atoms with Crippen molar-refractivity contribution in [3.8, 4) is 11.5 Å². The van der Waals surface area contributed by atoms with Crippen molar-refractivity contribution in [3.63, 3.8) is 0 Å². The summed E-state index contributed by atoms with van der Waals surface area (Å²) in [5.74, 6) is 1.54. The van der Waals surface area contributed by atoms with Crippen LogP contribution in [0.25, 0.3) is 10.9 Å². The van der Waals surface area contributed by atoms with Crippen LogP contribution in [0, 0.1) is 0 Å². The smallest absolute Gasteiger partial charge is 0.275 e. The van der Waals surface area contributed by atoms with Gasteiger partial charge in [0.2, 0.25) is 0 Å². The molecule has 0 bridgehead atoms. The molecule has 0 saturated carbocycles. The maximum Gasteiger partial charge on any atom is 0.275 e. The Labute approximate surface area is 165 Å². The molecular weight excluding hydrogens is 360 g/mol. The van der Waals surface area contributed by atoms with Crippen LogP contribution in [0.4, 0.5) is 0 Å². The summed E-state index contributed by atoms with van der Waals surface area (Å²) in [4.78, 5) is 33.2. The lowest BCUT2D eigenvalue weighted by Gasteiger charge is -2.19. The Balaban J connectivity index is 2.19. The van der Waals surface area contributed by atoms with Crippen LogP contribution in [0.1, 0.15) is 39.4 Å². The average Bonchev–Trinajstić information content (AvgIpc) is 2.66. The number of nitrogens with zero attached hydrogens (tertiary/aromatic N) is 1. The highest BCUT2D eigenvalue weighted by molar-refractivity contribution is 5.81. The number of ether oxygens (including phenoxy) is 2. The summed E-state index contributed by atoms with van der Waals surface area (Å²) in [6.07, 6.45) is 1.99. The molecule has 0 radical (unpaired) electrons. The van der Waals surface area contributed by atoms with E-state index in [1.807, 2.05) is 13.8 Å². The maximum absolute atomic E-state index is 12.5. The molecule has 0 aliphatic heterocycles. The second kappa shape index (κ2) is 10.1. The molecule has 2 atom stereocenters. The number of benzene rings is 1. The highest BCUT2D eigenvalue weighted by Crippen LogP contribution is 2.29. The molecule has 1 heterocycles. The number of H-pyrrole nitrogens is 1.